The Balaban J connectivity index is 2.02. The normalized spacial score (nSPS) is 19.9. The molecule has 0 heterocycles. The van der Waals surface area contributed by atoms with Gasteiger partial charge >= 0.3 is 0 Å². The van der Waals surface area contributed by atoms with Crippen LogP contribution < -0.4 is 0 Å². The van der Waals surface area contributed by atoms with E-state index in [1.165, 1.54) is 19.3 Å². The molecule has 0 aliphatic heterocycles. The van der Waals surface area contributed by atoms with E-state index in [-0.39, 0.29) is 0 Å². The molecule has 0 saturated carbocycles. The van der Waals surface area contributed by atoms with Crippen molar-refractivity contribution in [2.75, 3.05) is 18.1 Å². The first-order valence-corrected chi connectivity index (χ1v) is 6.83. The van der Waals surface area contributed by atoms with Gasteiger partial charge in [-0.15, -0.1) is 0 Å². The van der Waals surface area contributed by atoms with Gasteiger partial charge in [0.05, 0.1) is 6.61 Å². The summed E-state index contributed by atoms with van der Waals surface area (Å²) >= 11 is 1.87. The molecule has 0 spiro atoms. The van der Waals surface area contributed by atoms with Crippen LogP contribution in [0, 0.1) is 0 Å². The van der Waals surface area contributed by atoms with E-state index in [9.17, 15) is 0 Å². The molecule has 1 aromatic rings. The highest BCUT2D eigenvalue weighted by Crippen LogP contribution is 2.33. The fourth-order valence-corrected chi connectivity index (χ4v) is 3.24. The van der Waals surface area contributed by atoms with Gasteiger partial charge in [0.25, 0.3) is 0 Å². The summed E-state index contributed by atoms with van der Waals surface area (Å²) in [6.45, 7) is 0.305. The van der Waals surface area contributed by atoms with Crippen LogP contribution in [0.15, 0.2) is 24.3 Å². The predicted octanol–water partition coefficient (Wildman–Crippen LogP) is 2.83. The van der Waals surface area contributed by atoms with Crippen LogP contribution in [0.3, 0.4) is 0 Å². The average Bonchev–Trinajstić information content (AvgIpc) is 2.30. The first-order chi connectivity index (χ1) is 7.42. The molecular formula is C13H18OS. The number of aliphatic hydroxyl groups excluding tert-OH is 1. The first-order valence-electron chi connectivity index (χ1n) is 5.68. The topological polar surface area (TPSA) is 20.2 Å². The van der Waals surface area contributed by atoms with Gasteiger partial charge in [-0.25, -0.2) is 0 Å². The van der Waals surface area contributed by atoms with Crippen molar-refractivity contribution in [3.8, 4) is 0 Å². The molecule has 2 heteroatoms. The Morgan fingerprint density at radius 2 is 2.20 bits per heavy atom. The Hall–Kier alpha value is -0.470. The SMILES string of the molecule is OCCSCC1CCCc2ccccc21. The van der Waals surface area contributed by atoms with E-state index in [0.29, 0.717) is 12.5 Å². The summed E-state index contributed by atoms with van der Waals surface area (Å²) in [6, 6.07) is 8.83. The Morgan fingerprint density at radius 1 is 1.33 bits per heavy atom. The van der Waals surface area contributed by atoms with Crippen LogP contribution in [0.4, 0.5) is 0 Å². The zero-order valence-electron chi connectivity index (χ0n) is 8.98. The lowest BCUT2D eigenvalue weighted by Gasteiger charge is -2.25. The molecule has 1 unspecified atom stereocenters. The van der Waals surface area contributed by atoms with E-state index in [1.54, 1.807) is 11.1 Å². The minimum atomic E-state index is 0.305. The van der Waals surface area contributed by atoms with E-state index in [0.717, 1.165) is 11.5 Å². The molecule has 0 aromatic heterocycles. The minimum absolute atomic E-state index is 0.305. The molecular weight excluding hydrogens is 204 g/mol. The van der Waals surface area contributed by atoms with Gasteiger partial charge in [0, 0.05) is 11.5 Å². The zero-order valence-corrected chi connectivity index (χ0v) is 9.80. The van der Waals surface area contributed by atoms with Crippen LogP contribution in [-0.2, 0) is 6.42 Å². The van der Waals surface area contributed by atoms with Crippen LogP contribution in [0.25, 0.3) is 0 Å². The quantitative estimate of drug-likeness (QED) is 0.791. The zero-order chi connectivity index (χ0) is 10.5. The Morgan fingerprint density at radius 3 is 3.07 bits per heavy atom. The number of benzene rings is 1. The molecule has 0 saturated heterocycles. The summed E-state index contributed by atoms with van der Waals surface area (Å²) in [4.78, 5) is 0. The van der Waals surface area contributed by atoms with Crippen molar-refractivity contribution < 1.29 is 5.11 Å². The summed E-state index contributed by atoms with van der Waals surface area (Å²) in [6.07, 6.45) is 3.88. The first kappa shape index (κ1) is 11.0. The van der Waals surface area contributed by atoms with Crippen LogP contribution >= 0.6 is 11.8 Å². The molecule has 1 N–H and O–H groups in total. The van der Waals surface area contributed by atoms with Crippen molar-refractivity contribution in [2.24, 2.45) is 0 Å². The van der Waals surface area contributed by atoms with Gasteiger partial charge in [-0.3, -0.25) is 0 Å². The van der Waals surface area contributed by atoms with Gasteiger partial charge in [0.2, 0.25) is 0 Å². The Kier molecular flexibility index (Phi) is 4.09. The van der Waals surface area contributed by atoms with E-state index < -0.39 is 0 Å². The second-order valence-electron chi connectivity index (χ2n) is 4.09. The van der Waals surface area contributed by atoms with E-state index in [4.69, 9.17) is 5.11 Å². The van der Waals surface area contributed by atoms with Gasteiger partial charge in [-0.05, 0) is 36.3 Å². The number of hydrogen-bond acceptors (Lipinski definition) is 2. The summed E-state index contributed by atoms with van der Waals surface area (Å²) in [7, 11) is 0. The number of rotatable bonds is 4. The molecule has 1 aromatic carbocycles. The summed E-state index contributed by atoms with van der Waals surface area (Å²) in [5.41, 5.74) is 3.09. The van der Waals surface area contributed by atoms with Crippen molar-refractivity contribution in [1.82, 2.24) is 0 Å². The number of thioether (sulfide) groups is 1. The van der Waals surface area contributed by atoms with Crippen LogP contribution in [-0.4, -0.2) is 23.2 Å². The van der Waals surface area contributed by atoms with Gasteiger partial charge in [0.1, 0.15) is 0 Å². The van der Waals surface area contributed by atoms with E-state index in [1.807, 2.05) is 11.8 Å². The van der Waals surface area contributed by atoms with Crippen molar-refractivity contribution >= 4 is 11.8 Å². The van der Waals surface area contributed by atoms with E-state index >= 15 is 0 Å². The molecule has 1 aliphatic rings. The molecule has 1 aliphatic carbocycles. The molecule has 1 nitrogen and oxygen atoms in total. The third-order valence-corrected chi connectivity index (χ3v) is 4.16. The molecule has 0 fully saturated rings. The monoisotopic (exact) mass is 222 g/mol. The lowest BCUT2D eigenvalue weighted by atomic mass is 9.84. The van der Waals surface area contributed by atoms with E-state index in [2.05, 4.69) is 24.3 Å². The van der Waals surface area contributed by atoms with Crippen LogP contribution in [0.1, 0.15) is 29.9 Å². The predicted molar refractivity (Wildman–Crippen MR) is 66.5 cm³/mol. The lowest BCUT2D eigenvalue weighted by molar-refractivity contribution is 0.322. The maximum absolute atomic E-state index is 8.77. The molecule has 2 rings (SSSR count). The van der Waals surface area contributed by atoms with Gasteiger partial charge in [-0.2, -0.15) is 11.8 Å². The molecule has 15 heavy (non-hydrogen) atoms. The molecule has 0 bridgehead atoms. The number of aliphatic hydroxyl groups is 1. The maximum Gasteiger partial charge on any atom is 0.0521 e. The second-order valence-corrected chi connectivity index (χ2v) is 5.24. The van der Waals surface area contributed by atoms with Crippen LogP contribution in [0.2, 0.25) is 0 Å². The number of hydrogen-bond donors (Lipinski definition) is 1. The molecule has 82 valence electrons. The Labute approximate surface area is 95.9 Å². The summed E-state index contributed by atoms with van der Waals surface area (Å²) < 4.78 is 0. The van der Waals surface area contributed by atoms with Gasteiger partial charge in [-0.1, -0.05) is 24.3 Å². The molecule has 0 amide bonds. The third-order valence-electron chi connectivity index (χ3n) is 3.05. The maximum atomic E-state index is 8.77. The van der Waals surface area contributed by atoms with Gasteiger partial charge < -0.3 is 5.11 Å². The van der Waals surface area contributed by atoms with Crippen molar-refractivity contribution in [3.63, 3.8) is 0 Å². The minimum Gasteiger partial charge on any atom is -0.396 e. The fourth-order valence-electron chi connectivity index (χ4n) is 2.32. The highest BCUT2D eigenvalue weighted by molar-refractivity contribution is 7.99. The number of fused-ring (bicyclic) bond motifs is 1. The van der Waals surface area contributed by atoms with Gasteiger partial charge in [0.15, 0.2) is 0 Å². The largest absolute Gasteiger partial charge is 0.396 e. The fraction of sp³-hybridized carbons (Fsp3) is 0.538. The standard InChI is InChI=1S/C13H18OS/c14-8-9-15-10-12-6-3-5-11-4-1-2-7-13(11)12/h1-2,4,7,12,14H,3,5-6,8-10H2. The summed E-state index contributed by atoms with van der Waals surface area (Å²) in [5, 5.41) is 8.77. The van der Waals surface area contributed by atoms with Crippen molar-refractivity contribution in [3.05, 3.63) is 35.4 Å². The highest BCUT2D eigenvalue weighted by atomic mass is 32.2. The molecule has 0 radical (unpaired) electrons. The van der Waals surface area contributed by atoms with Crippen molar-refractivity contribution in [2.45, 2.75) is 25.2 Å². The third kappa shape index (κ3) is 2.76. The molecule has 1 atom stereocenters. The average molecular weight is 222 g/mol. The second kappa shape index (κ2) is 5.57. The highest BCUT2D eigenvalue weighted by Gasteiger charge is 2.19. The lowest BCUT2D eigenvalue weighted by Crippen LogP contribution is -2.12. The van der Waals surface area contributed by atoms with Crippen molar-refractivity contribution in [1.29, 1.82) is 0 Å². The van der Waals surface area contributed by atoms with Crippen LogP contribution in [0.5, 0.6) is 0 Å². The summed E-state index contributed by atoms with van der Waals surface area (Å²) in [5.74, 6) is 2.75. The number of aryl methyl sites for hydroxylation is 1. The smallest absolute Gasteiger partial charge is 0.0521 e. The Bertz CT molecular complexity index is 311.